The van der Waals surface area contributed by atoms with Crippen molar-refractivity contribution in [2.45, 2.75) is 19.8 Å². The molecule has 0 aliphatic rings. The molecule has 0 radical (unpaired) electrons. The van der Waals surface area contributed by atoms with Crippen LogP contribution in [0.5, 0.6) is 0 Å². The second-order valence-electron chi connectivity index (χ2n) is 8.32. The van der Waals surface area contributed by atoms with E-state index in [0.29, 0.717) is 30.9 Å². The van der Waals surface area contributed by atoms with Crippen molar-refractivity contribution in [2.75, 3.05) is 0 Å². The Balaban J connectivity index is 1.40. The minimum absolute atomic E-state index is 0.417. The van der Waals surface area contributed by atoms with Crippen molar-refractivity contribution in [3.63, 3.8) is 0 Å². The first-order chi connectivity index (χ1) is 17.2. The molecule has 1 aromatic heterocycles. The summed E-state index contributed by atoms with van der Waals surface area (Å²) in [6, 6.07) is 32.2. The Morgan fingerprint density at radius 3 is 2.37 bits per heavy atom. The van der Waals surface area contributed by atoms with E-state index in [1.807, 2.05) is 55.0 Å². The summed E-state index contributed by atoms with van der Waals surface area (Å²) in [7, 11) is 0. The SMILES string of the molecule is N#Cc1ccc(COCc2cncn2Cc2ccc(C#N)cc2-c2cccc3ccccc23)cc1. The van der Waals surface area contributed by atoms with E-state index in [-0.39, 0.29) is 0 Å². The molecule has 0 bridgehead atoms. The van der Waals surface area contributed by atoms with Gasteiger partial charge in [-0.3, -0.25) is 0 Å². The van der Waals surface area contributed by atoms with Crippen molar-refractivity contribution >= 4 is 10.8 Å². The summed E-state index contributed by atoms with van der Waals surface area (Å²) in [6.07, 6.45) is 3.63. The lowest BCUT2D eigenvalue weighted by Gasteiger charge is -2.15. The van der Waals surface area contributed by atoms with Crippen LogP contribution in [0.1, 0.15) is 27.9 Å². The van der Waals surface area contributed by atoms with Crippen LogP contribution < -0.4 is 0 Å². The van der Waals surface area contributed by atoms with Crippen LogP contribution in [0.4, 0.5) is 0 Å². The van der Waals surface area contributed by atoms with E-state index >= 15 is 0 Å². The van der Waals surface area contributed by atoms with Gasteiger partial charge < -0.3 is 9.30 Å². The fourth-order valence-corrected chi connectivity index (χ4v) is 4.24. The van der Waals surface area contributed by atoms with Crippen LogP contribution >= 0.6 is 0 Å². The summed E-state index contributed by atoms with van der Waals surface area (Å²) in [5.74, 6) is 0. The molecule has 5 rings (SSSR count). The third-order valence-corrected chi connectivity index (χ3v) is 6.06. The van der Waals surface area contributed by atoms with E-state index in [1.54, 1.807) is 12.1 Å². The molecule has 0 atom stereocenters. The van der Waals surface area contributed by atoms with Crippen molar-refractivity contribution < 1.29 is 4.74 Å². The average Bonchev–Trinajstić information content (AvgIpc) is 3.35. The molecule has 0 amide bonds. The number of rotatable bonds is 7. The van der Waals surface area contributed by atoms with Gasteiger partial charge in [-0.05, 0) is 57.3 Å². The molecule has 0 spiro atoms. The van der Waals surface area contributed by atoms with Crippen molar-refractivity contribution in [1.82, 2.24) is 9.55 Å². The largest absolute Gasteiger partial charge is 0.371 e. The van der Waals surface area contributed by atoms with Gasteiger partial charge in [0.1, 0.15) is 0 Å². The molecule has 5 nitrogen and oxygen atoms in total. The van der Waals surface area contributed by atoms with E-state index < -0.39 is 0 Å². The summed E-state index contributed by atoms with van der Waals surface area (Å²) in [5, 5.41) is 20.8. The topological polar surface area (TPSA) is 74.6 Å². The summed E-state index contributed by atoms with van der Waals surface area (Å²) in [6.45, 7) is 1.48. The Bertz CT molecular complexity index is 1560. The molecule has 5 heteroatoms. The Morgan fingerprint density at radius 2 is 1.54 bits per heavy atom. The van der Waals surface area contributed by atoms with E-state index in [0.717, 1.165) is 38.7 Å². The lowest BCUT2D eigenvalue weighted by Crippen LogP contribution is -2.06. The van der Waals surface area contributed by atoms with E-state index in [2.05, 4.69) is 52.0 Å². The number of imidazole rings is 1. The number of aromatic nitrogens is 2. The minimum Gasteiger partial charge on any atom is -0.371 e. The lowest BCUT2D eigenvalue weighted by atomic mass is 9.93. The standard InChI is InChI=1S/C30H22N4O/c31-15-22-8-10-23(11-9-22)19-35-20-27-17-33-21-34(27)18-26-13-12-24(16-32)14-30(26)29-7-3-5-25-4-1-2-6-28(25)29/h1-14,17,21H,18-20H2. The van der Waals surface area contributed by atoms with Crippen LogP contribution in [0.2, 0.25) is 0 Å². The molecule has 5 aromatic rings. The van der Waals surface area contributed by atoms with Crippen LogP contribution in [0, 0.1) is 22.7 Å². The Morgan fingerprint density at radius 1 is 0.771 bits per heavy atom. The summed E-state index contributed by atoms with van der Waals surface area (Å²) in [5.41, 5.74) is 6.50. The van der Waals surface area contributed by atoms with Crippen molar-refractivity contribution in [3.05, 3.63) is 125 Å². The van der Waals surface area contributed by atoms with E-state index in [9.17, 15) is 5.26 Å². The van der Waals surface area contributed by atoms with Crippen LogP contribution in [0.15, 0.2) is 97.5 Å². The van der Waals surface area contributed by atoms with Gasteiger partial charge in [-0.1, -0.05) is 60.7 Å². The molecule has 0 N–H and O–H groups in total. The fourth-order valence-electron chi connectivity index (χ4n) is 4.24. The zero-order chi connectivity index (χ0) is 24.0. The first-order valence-electron chi connectivity index (χ1n) is 11.3. The highest BCUT2D eigenvalue weighted by atomic mass is 16.5. The Kier molecular flexibility index (Phi) is 6.35. The van der Waals surface area contributed by atoms with Gasteiger partial charge in [-0.15, -0.1) is 0 Å². The summed E-state index contributed by atoms with van der Waals surface area (Å²) >= 11 is 0. The van der Waals surface area contributed by atoms with E-state index in [4.69, 9.17) is 10.00 Å². The number of hydrogen-bond donors (Lipinski definition) is 0. The predicted molar refractivity (Wildman–Crippen MR) is 135 cm³/mol. The quantitative estimate of drug-likeness (QED) is 0.293. The molecule has 35 heavy (non-hydrogen) atoms. The monoisotopic (exact) mass is 454 g/mol. The highest BCUT2D eigenvalue weighted by Crippen LogP contribution is 2.32. The predicted octanol–water partition coefficient (Wildman–Crippen LogP) is 6.21. The van der Waals surface area contributed by atoms with Crippen molar-refractivity contribution in [2.24, 2.45) is 0 Å². The maximum atomic E-state index is 9.54. The van der Waals surface area contributed by atoms with Gasteiger partial charge in [-0.2, -0.15) is 10.5 Å². The molecule has 0 aliphatic heterocycles. The minimum atomic E-state index is 0.417. The molecule has 1 heterocycles. The zero-order valence-corrected chi connectivity index (χ0v) is 19.1. The second-order valence-corrected chi connectivity index (χ2v) is 8.32. The maximum Gasteiger partial charge on any atom is 0.0991 e. The van der Waals surface area contributed by atoms with Crippen LogP contribution in [0.3, 0.4) is 0 Å². The van der Waals surface area contributed by atoms with Crippen LogP contribution in [-0.4, -0.2) is 9.55 Å². The van der Waals surface area contributed by atoms with Gasteiger partial charge in [0, 0.05) is 6.54 Å². The number of fused-ring (bicyclic) bond motifs is 1. The normalized spacial score (nSPS) is 10.7. The molecule has 0 saturated carbocycles. The first kappa shape index (κ1) is 22.1. The molecule has 4 aromatic carbocycles. The number of ether oxygens (including phenoxy) is 1. The number of nitriles is 2. The van der Waals surface area contributed by atoms with Gasteiger partial charge in [0.2, 0.25) is 0 Å². The molecule has 0 unspecified atom stereocenters. The van der Waals surface area contributed by atoms with Gasteiger partial charge >= 0.3 is 0 Å². The molecular formula is C30H22N4O. The van der Waals surface area contributed by atoms with Crippen molar-refractivity contribution in [1.29, 1.82) is 10.5 Å². The number of nitrogens with zero attached hydrogens (tertiary/aromatic N) is 4. The van der Waals surface area contributed by atoms with Crippen LogP contribution in [0.25, 0.3) is 21.9 Å². The molecule has 0 aliphatic carbocycles. The number of benzene rings is 4. The van der Waals surface area contributed by atoms with E-state index in [1.165, 1.54) is 0 Å². The summed E-state index contributed by atoms with van der Waals surface area (Å²) < 4.78 is 8.02. The van der Waals surface area contributed by atoms with Crippen LogP contribution in [-0.2, 0) is 24.5 Å². The fraction of sp³-hybridized carbons (Fsp3) is 0.100. The summed E-state index contributed by atoms with van der Waals surface area (Å²) in [4.78, 5) is 4.35. The van der Waals surface area contributed by atoms with Gasteiger partial charge in [0.25, 0.3) is 0 Å². The lowest BCUT2D eigenvalue weighted by molar-refractivity contribution is 0.102. The number of hydrogen-bond acceptors (Lipinski definition) is 4. The molecular weight excluding hydrogens is 432 g/mol. The van der Waals surface area contributed by atoms with Gasteiger partial charge in [0.15, 0.2) is 0 Å². The third kappa shape index (κ3) is 4.82. The zero-order valence-electron chi connectivity index (χ0n) is 19.1. The van der Waals surface area contributed by atoms with Gasteiger partial charge in [-0.25, -0.2) is 4.98 Å². The molecule has 168 valence electrons. The molecule has 0 fully saturated rings. The molecule has 0 saturated heterocycles. The highest BCUT2D eigenvalue weighted by Gasteiger charge is 2.12. The smallest absolute Gasteiger partial charge is 0.0991 e. The highest BCUT2D eigenvalue weighted by molar-refractivity contribution is 5.97. The van der Waals surface area contributed by atoms with Gasteiger partial charge in [0.05, 0.1) is 54.7 Å². The maximum absolute atomic E-state index is 9.54. The Labute approximate surface area is 204 Å². The third-order valence-electron chi connectivity index (χ3n) is 6.06. The second kappa shape index (κ2) is 10.1. The van der Waals surface area contributed by atoms with Crippen molar-refractivity contribution in [3.8, 4) is 23.3 Å². The average molecular weight is 455 g/mol. The first-order valence-corrected chi connectivity index (χ1v) is 11.3. The Hall–Kier alpha value is -4.71.